The van der Waals surface area contributed by atoms with Gasteiger partial charge in [-0.1, -0.05) is 11.8 Å². The smallest absolute Gasteiger partial charge is 0.256 e. The second kappa shape index (κ2) is 6.04. The monoisotopic (exact) mass is 273 g/mol. The molecule has 106 valence electrons. The molecule has 1 aromatic rings. The molecule has 2 heterocycles. The molecule has 0 radical (unpaired) electrons. The van der Waals surface area contributed by atoms with Crippen LogP contribution in [0.1, 0.15) is 29.8 Å². The van der Waals surface area contributed by atoms with E-state index in [-0.39, 0.29) is 18.0 Å². The van der Waals surface area contributed by atoms with Crippen molar-refractivity contribution >= 4 is 5.91 Å². The van der Waals surface area contributed by atoms with Crippen LogP contribution in [0.2, 0.25) is 0 Å². The van der Waals surface area contributed by atoms with E-state index in [9.17, 15) is 4.79 Å². The zero-order valence-corrected chi connectivity index (χ0v) is 11.8. The minimum absolute atomic E-state index is 0.0396. The van der Waals surface area contributed by atoms with E-state index in [1.807, 2.05) is 18.7 Å². The summed E-state index contributed by atoms with van der Waals surface area (Å²) >= 11 is 0. The van der Waals surface area contributed by atoms with E-state index >= 15 is 0 Å². The molecular formula is C15H19N3O2. The fourth-order valence-corrected chi connectivity index (χ4v) is 2.17. The molecule has 0 saturated carbocycles. The Kier molecular flexibility index (Phi) is 4.38. The van der Waals surface area contributed by atoms with Crippen LogP contribution in [0, 0.1) is 11.8 Å². The standard InChI is InChI=1S/C15H19N3O2/c1-15(2)11-20-7-6-18(15)14(19)13-8-12(4-3-5-16)9-17-10-13/h8-10H,5-7,11,16H2,1-2H3. The zero-order valence-electron chi connectivity index (χ0n) is 11.8. The minimum Gasteiger partial charge on any atom is -0.377 e. The van der Waals surface area contributed by atoms with Crippen LogP contribution in [-0.4, -0.2) is 47.6 Å². The van der Waals surface area contributed by atoms with E-state index in [1.165, 1.54) is 0 Å². The first kappa shape index (κ1) is 14.5. The van der Waals surface area contributed by atoms with E-state index in [0.717, 1.165) is 0 Å². The molecule has 1 amide bonds. The van der Waals surface area contributed by atoms with Gasteiger partial charge in [-0.2, -0.15) is 0 Å². The van der Waals surface area contributed by atoms with Crippen molar-refractivity contribution in [2.24, 2.45) is 5.73 Å². The Hall–Kier alpha value is -1.90. The van der Waals surface area contributed by atoms with Gasteiger partial charge in [0.25, 0.3) is 5.91 Å². The number of morpholine rings is 1. The summed E-state index contributed by atoms with van der Waals surface area (Å²) in [6.45, 7) is 5.97. The molecular weight excluding hydrogens is 254 g/mol. The predicted octanol–water partition coefficient (Wildman–Crippen LogP) is 0.643. The summed E-state index contributed by atoms with van der Waals surface area (Å²) in [4.78, 5) is 18.5. The van der Waals surface area contributed by atoms with Gasteiger partial charge in [0.15, 0.2) is 0 Å². The molecule has 5 nitrogen and oxygen atoms in total. The summed E-state index contributed by atoms with van der Waals surface area (Å²) < 4.78 is 5.43. The number of amides is 1. The molecule has 1 aromatic heterocycles. The number of hydrogen-bond acceptors (Lipinski definition) is 4. The highest BCUT2D eigenvalue weighted by atomic mass is 16.5. The molecule has 0 aliphatic carbocycles. The zero-order chi connectivity index (χ0) is 14.6. The number of rotatable bonds is 1. The quantitative estimate of drug-likeness (QED) is 0.763. The highest BCUT2D eigenvalue weighted by Crippen LogP contribution is 2.21. The number of aromatic nitrogens is 1. The van der Waals surface area contributed by atoms with Crippen LogP contribution < -0.4 is 5.73 Å². The van der Waals surface area contributed by atoms with E-state index in [0.29, 0.717) is 30.9 Å². The Morgan fingerprint density at radius 3 is 3.05 bits per heavy atom. The van der Waals surface area contributed by atoms with Crippen LogP contribution in [0.15, 0.2) is 18.5 Å². The van der Waals surface area contributed by atoms with Gasteiger partial charge in [0, 0.05) is 24.5 Å². The molecule has 1 aliphatic rings. The van der Waals surface area contributed by atoms with Crippen LogP contribution in [0.3, 0.4) is 0 Å². The molecule has 2 N–H and O–H groups in total. The molecule has 1 fully saturated rings. The van der Waals surface area contributed by atoms with Gasteiger partial charge in [-0.15, -0.1) is 0 Å². The lowest BCUT2D eigenvalue weighted by Crippen LogP contribution is -2.55. The van der Waals surface area contributed by atoms with E-state index in [2.05, 4.69) is 16.8 Å². The summed E-state index contributed by atoms with van der Waals surface area (Å²) in [7, 11) is 0. The number of carbonyl (C=O) groups excluding carboxylic acids is 1. The maximum Gasteiger partial charge on any atom is 0.256 e. The van der Waals surface area contributed by atoms with Crippen molar-refractivity contribution < 1.29 is 9.53 Å². The lowest BCUT2D eigenvalue weighted by atomic mass is 10.0. The lowest BCUT2D eigenvalue weighted by Gasteiger charge is -2.42. The molecule has 0 bridgehead atoms. The minimum atomic E-state index is -0.311. The van der Waals surface area contributed by atoms with Crippen molar-refractivity contribution in [3.8, 4) is 11.8 Å². The van der Waals surface area contributed by atoms with Crippen molar-refractivity contribution in [1.82, 2.24) is 9.88 Å². The fraction of sp³-hybridized carbons (Fsp3) is 0.467. The van der Waals surface area contributed by atoms with Gasteiger partial charge < -0.3 is 15.4 Å². The highest BCUT2D eigenvalue weighted by molar-refractivity contribution is 5.94. The number of carbonyl (C=O) groups is 1. The Balaban J connectivity index is 2.24. The number of nitrogens with zero attached hydrogens (tertiary/aromatic N) is 2. The van der Waals surface area contributed by atoms with Crippen molar-refractivity contribution in [1.29, 1.82) is 0 Å². The average Bonchev–Trinajstić information content (AvgIpc) is 2.44. The summed E-state index contributed by atoms with van der Waals surface area (Å²) in [6, 6.07) is 1.75. The second-order valence-electron chi connectivity index (χ2n) is 5.29. The maximum atomic E-state index is 12.6. The van der Waals surface area contributed by atoms with Crippen molar-refractivity contribution in [3.05, 3.63) is 29.6 Å². The number of ether oxygens (including phenoxy) is 1. The Labute approximate surface area is 119 Å². The first-order chi connectivity index (χ1) is 9.54. The molecule has 2 rings (SSSR count). The molecule has 1 saturated heterocycles. The largest absolute Gasteiger partial charge is 0.377 e. The van der Waals surface area contributed by atoms with Gasteiger partial charge in [0.2, 0.25) is 0 Å². The van der Waals surface area contributed by atoms with E-state index in [1.54, 1.807) is 18.5 Å². The van der Waals surface area contributed by atoms with Crippen molar-refractivity contribution in [3.63, 3.8) is 0 Å². The normalized spacial score (nSPS) is 17.2. The Bertz CT molecular complexity index is 558. The van der Waals surface area contributed by atoms with E-state index in [4.69, 9.17) is 10.5 Å². The van der Waals surface area contributed by atoms with Crippen LogP contribution in [0.4, 0.5) is 0 Å². The third-order valence-electron chi connectivity index (χ3n) is 3.21. The van der Waals surface area contributed by atoms with Crippen LogP contribution in [0.5, 0.6) is 0 Å². The topological polar surface area (TPSA) is 68.5 Å². The lowest BCUT2D eigenvalue weighted by molar-refractivity contribution is -0.0370. The Morgan fingerprint density at radius 2 is 2.35 bits per heavy atom. The first-order valence-electron chi connectivity index (χ1n) is 6.58. The molecule has 1 aliphatic heterocycles. The van der Waals surface area contributed by atoms with Gasteiger partial charge in [-0.25, -0.2) is 0 Å². The van der Waals surface area contributed by atoms with Crippen LogP contribution in [0.25, 0.3) is 0 Å². The molecule has 5 heteroatoms. The summed E-state index contributed by atoms with van der Waals surface area (Å²) in [5, 5.41) is 0. The second-order valence-corrected chi connectivity index (χ2v) is 5.29. The Morgan fingerprint density at radius 1 is 1.55 bits per heavy atom. The summed E-state index contributed by atoms with van der Waals surface area (Å²) in [5.41, 5.74) is 6.28. The molecule has 0 spiro atoms. The summed E-state index contributed by atoms with van der Waals surface area (Å²) in [6.07, 6.45) is 3.20. The highest BCUT2D eigenvalue weighted by Gasteiger charge is 2.34. The molecule has 0 unspecified atom stereocenters. The van der Waals surface area contributed by atoms with Gasteiger partial charge in [-0.3, -0.25) is 9.78 Å². The van der Waals surface area contributed by atoms with Gasteiger partial charge in [0.05, 0.1) is 30.9 Å². The van der Waals surface area contributed by atoms with Gasteiger partial charge >= 0.3 is 0 Å². The van der Waals surface area contributed by atoms with E-state index < -0.39 is 0 Å². The van der Waals surface area contributed by atoms with Crippen LogP contribution >= 0.6 is 0 Å². The third-order valence-corrected chi connectivity index (χ3v) is 3.21. The number of hydrogen-bond donors (Lipinski definition) is 1. The summed E-state index contributed by atoms with van der Waals surface area (Å²) in [5.74, 6) is 5.61. The van der Waals surface area contributed by atoms with Crippen molar-refractivity contribution in [2.75, 3.05) is 26.3 Å². The van der Waals surface area contributed by atoms with Crippen molar-refractivity contribution in [2.45, 2.75) is 19.4 Å². The third kappa shape index (κ3) is 3.16. The van der Waals surface area contributed by atoms with Crippen LogP contribution in [-0.2, 0) is 4.74 Å². The maximum absolute atomic E-state index is 12.6. The SMILES string of the molecule is CC1(C)COCCN1C(=O)c1cncc(C#CCN)c1. The first-order valence-corrected chi connectivity index (χ1v) is 6.58. The number of nitrogens with two attached hydrogens (primary N) is 1. The molecule has 0 aromatic carbocycles. The number of pyridine rings is 1. The van der Waals surface area contributed by atoms with Gasteiger partial charge in [0.1, 0.15) is 0 Å². The average molecular weight is 273 g/mol. The molecule has 20 heavy (non-hydrogen) atoms. The fourth-order valence-electron chi connectivity index (χ4n) is 2.17. The molecule has 0 atom stereocenters. The van der Waals surface area contributed by atoms with Gasteiger partial charge in [-0.05, 0) is 19.9 Å². The predicted molar refractivity (Wildman–Crippen MR) is 76.1 cm³/mol.